The Bertz CT molecular complexity index is 1910. The van der Waals surface area contributed by atoms with E-state index in [-0.39, 0.29) is 41.7 Å². The van der Waals surface area contributed by atoms with E-state index in [1.165, 1.54) is 17.5 Å². The number of amides is 3. The first kappa shape index (κ1) is 43.3. The number of rotatable bonds is 18. The number of fused-ring (bicyclic) bond motifs is 1. The molecule has 60 heavy (non-hydrogen) atoms. The van der Waals surface area contributed by atoms with E-state index in [0.29, 0.717) is 94.9 Å². The number of hydrogen-bond acceptors (Lipinski definition) is 11. The standard InChI is InChI=1S/C46H62N6O8/c1-2-58-41-30-37(14-20-48-41)45(56)51-25-28-60-46(33-51)17-22-50(23-18-46)31-35-8-6-7-34(29-35)15-26-57-27-16-42(55)52(38-9-4-3-5-10-38)24-21-47-19-13-36-11-12-39(53)43-44(36)59-32-40(54)49-43/h6-8,11-12,14,20,29-30,38,47,53H,2-5,9-10,13,15-19,21-28,31-33H2,1H3,(H,49,54). The normalized spacial score (nSPS) is 18.1. The lowest BCUT2D eigenvalue weighted by atomic mass is 9.89. The van der Waals surface area contributed by atoms with Crippen molar-refractivity contribution in [3.8, 4) is 17.4 Å². The molecule has 3 aromatic rings. The number of likely N-dealkylation sites (tertiary alicyclic amines) is 1. The maximum absolute atomic E-state index is 13.6. The van der Waals surface area contributed by atoms with Gasteiger partial charge in [0.1, 0.15) is 11.4 Å². The predicted molar refractivity (Wildman–Crippen MR) is 227 cm³/mol. The third-order valence-corrected chi connectivity index (χ3v) is 12.2. The Hall–Kier alpha value is -4.76. The van der Waals surface area contributed by atoms with Crippen molar-refractivity contribution in [2.24, 2.45) is 0 Å². The number of pyridine rings is 1. The zero-order chi connectivity index (χ0) is 41.7. The van der Waals surface area contributed by atoms with Crippen LogP contribution >= 0.6 is 0 Å². The van der Waals surface area contributed by atoms with Gasteiger partial charge >= 0.3 is 0 Å². The van der Waals surface area contributed by atoms with Crippen molar-refractivity contribution in [1.82, 2.24) is 25.0 Å². The highest BCUT2D eigenvalue weighted by Gasteiger charge is 2.41. The number of phenols is 1. The topological polar surface area (TPSA) is 155 Å². The first-order chi connectivity index (χ1) is 29.3. The van der Waals surface area contributed by atoms with E-state index in [2.05, 4.69) is 49.7 Å². The van der Waals surface area contributed by atoms with Crippen molar-refractivity contribution in [3.63, 3.8) is 0 Å². The Balaban J connectivity index is 0.812. The lowest BCUT2D eigenvalue weighted by Gasteiger charge is -2.47. The van der Waals surface area contributed by atoms with Crippen LogP contribution in [-0.4, -0.2) is 133 Å². The Kier molecular flexibility index (Phi) is 15.3. The molecular weight excluding hydrogens is 765 g/mol. The second-order valence-electron chi connectivity index (χ2n) is 16.4. The van der Waals surface area contributed by atoms with Crippen LogP contribution in [0.25, 0.3) is 0 Å². The van der Waals surface area contributed by atoms with E-state index in [1.54, 1.807) is 24.4 Å². The van der Waals surface area contributed by atoms with Crippen molar-refractivity contribution >= 4 is 23.4 Å². The van der Waals surface area contributed by atoms with Crippen LogP contribution in [0, 0.1) is 0 Å². The highest BCUT2D eigenvalue weighted by atomic mass is 16.5. The number of benzene rings is 2. The molecule has 3 fully saturated rings. The molecule has 1 aliphatic carbocycles. The third-order valence-electron chi connectivity index (χ3n) is 12.2. The van der Waals surface area contributed by atoms with Crippen LogP contribution in [0.2, 0.25) is 0 Å². The van der Waals surface area contributed by atoms with Gasteiger partial charge in [0.15, 0.2) is 12.4 Å². The monoisotopic (exact) mass is 826 g/mol. The smallest absolute Gasteiger partial charge is 0.262 e. The molecule has 2 aromatic carbocycles. The van der Waals surface area contributed by atoms with Gasteiger partial charge < -0.3 is 44.5 Å². The first-order valence-electron chi connectivity index (χ1n) is 22.0. The maximum Gasteiger partial charge on any atom is 0.262 e. The molecule has 3 aliphatic heterocycles. The summed E-state index contributed by atoms with van der Waals surface area (Å²) in [5.74, 6) is 0.845. The lowest BCUT2D eigenvalue weighted by molar-refractivity contribution is -0.135. The average Bonchev–Trinajstić information content (AvgIpc) is 3.27. The Morgan fingerprint density at radius 1 is 1.02 bits per heavy atom. The van der Waals surface area contributed by atoms with Crippen LogP contribution < -0.4 is 20.1 Å². The largest absolute Gasteiger partial charge is 0.506 e. The molecule has 1 aromatic heterocycles. The van der Waals surface area contributed by atoms with E-state index in [1.807, 2.05) is 17.9 Å². The van der Waals surface area contributed by atoms with Gasteiger partial charge in [0.05, 0.1) is 45.0 Å². The van der Waals surface area contributed by atoms with Crippen LogP contribution in [0.1, 0.15) is 85.3 Å². The number of nitrogens with zero attached hydrogens (tertiary/aromatic N) is 4. The minimum absolute atomic E-state index is 0.00425. The molecule has 7 rings (SSSR count). The van der Waals surface area contributed by atoms with E-state index in [4.69, 9.17) is 18.9 Å². The summed E-state index contributed by atoms with van der Waals surface area (Å²) in [5.41, 5.74) is 4.00. The summed E-state index contributed by atoms with van der Waals surface area (Å²) < 4.78 is 23.6. The third kappa shape index (κ3) is 11.5. The molecule has 4 aliphatic rings. The molecule has 3 amide bonds. The van der Waals surface area contributed by atoms with Crippen molar-refractivity contribution in [2.45, 2.75) is 89.3 Å². The van der Waals surface area contributed by atoms with Crippen molar-refractivity contribution in [1.29, 1.82) is 0 Å². The molecule has 1 saturated carbocycles. The van der Waals surface area contributed by atoms with Gasteiger partial charge in [0.25, 0.3) is 11.8 Å². The quantitative estimate of drug-likeness (QED) is 0.118. The van der Waals surface area contributed by atoms with E-state index in [9.17, 15) is 19.5 Å². The fourth-order valence-electron chi connectivity index (χ4n) is 8.99. The number of anilines is 1. The minimum Gasteiger partial charge on any atom is -0.506 e. The number of hydrogen-bond donors (Lipinski definition) is 3. The van der Waals surface area contributed by atoms with Gasteiger partial charge in [-0.3, -0.25) is 19.3 Å². The fraction of sp³-hybridized carbons (Fsp3) is 0.565. The van der Waals surface area contributed by atoms with Crippen LogP contribution in [-0.2, 0) is 38.4 Å². The highest BCUT2D eigenvalue weighted by Crippen LogP contribution is 2.39. The SMILES string of the molecule is CCOc1cc(C(=O)N2CCOC3(CCN(Cc4cccc(CCOCCC(=O)N(CCNCCc5ccc(O)c6c5OCC(=O)N6)C5CCCCC5)c4)CC3)C2)ccn1. The number of morpholine rings is 1. The van der Waals surface area contributed by atoms with Crippen molar-refractivity contribution < 1.29 is 38.4 Å². The predicted octanol–water partition coefficient (Wildman–Crippen LogP) is 4.97. The molecule has 0 radical (unpaired) electrons. The highest BCUT2D eigenvalue weighted by molar-refractivity contribution is 5.97. The Morgan fingerprint density at radius 3 is 2.68 bits per heavy atom. The number of carbonyl (C=O) groups excluding carboxylic acids is 3. The summed E-state index contributed by atoms with van der Waals surface area (Å²) in [6.45, 7) is 9.65. The summed E-state index contributed by atoms with van der Waals surface area (Å²) in [5, 5.41) is 16.3. The Labute approximate surface area is 353 Å². The lowest BCUT2D eigenvalue weighted by Crippen LogP contribution is -2.57. The molecule has 0 bridgehead atoms. The Morgan fingerprint density at radius 2 is 1.85 bits per heavy atom. The molecule has 4 heterocycles. The summed E-state index contributed by atoms with van der Waals surface area (Å²) in [4.78, 5) is 49.4. The van der Waals surface area contributed by atoms with Gasteiger partial charge in [0, 0.05) is 63.1 Å². The van der Waals surface area contributed by atoms with Gasteiger partial charge in [-0.2, -0.15) is 0 Å². The summed E-state index contributed by atoms with van der Waals surface area (Å²) in [6.07, 6.45) is 10.8. The molecule has 324 valence electrons. The zero-order valence-electron chi connectivity index (χ0n) is 35.1. The number of aromatic hydroxyl groups is 1. The first-order valence-corrected chi connectivity index (χ1v) is 22.0. The molecule has 3 N–H and O–H groups in total. The number of ether oxygens (including phenoxy) is 4. The molecule has 0 atom stereocenters. The molecule has 14 nitrogen and oxygen atoms in total. The van der Waals surface area contributed by atoms with Crippen LogP contribution in [0.3, 0.4) is 0 Å². The van der Waals surface area contributed by atoms with Gasteiger partial charge in [-0.1, -0.05) is 49.6 Å². The zero-order valence-corrected chi connectivity index (χ0v) is 35.1. The molecule has 14 heteroatoms. The van der Waals surface area contributed by atoms with E-state index < -0.39 is 0 Å². The molecule has 1 spiro atoms. The number of piperidine rings is 1. The van der Waals surface area contributed by atoms with Crippen molar-refractivity contribution in [3.05, 3.63) is 77.0 Å². The number of nitrogens with one attached hydrogen (secondary N) is 2. The van der Waals surface area contributed by atoms with Gasteiger partial charge in [-0.15, -0.1) is 0 Å². The molecular formula is C46H62N6O8. The maximum atomic E-state index is 13.6. The van der Waals surface area contributed by atoms with Crippen LogP contribution in [0.4, 0.5) is 5.69 Å². The summed E-state index contributed by atoms with van der Waals surface area (Å²) in [6, 6.07) is 15.8. The van der Waals surface area contributed by atoms with E-state index in [0.717, 1.165) is 70.1 Å². The summed E-state index contributed by atoms with van der Waals surface area (Å²) in [7, 11) is 0. The number of carbonyl (C=O) groups is 3. The molecule has 2 saturated heterocycles. The van der Waals surface area contributed by atoms with Crippen molar-refractivity contribution in [2.75, 3.05) is 84.2 Å². The number of aromatic nitrogens is 1. The van der Waals surface area contributed by atoms with Crippen LogP contribution in [0.15, 0.2) is 54.7 Å². The minimum atomic E-state index is -0.320. The second kappa shape index (κ2) is 21.2. The summed E-state index contributed by atoms with van der Waals surface area (Å²) >= 11 is 0. The number of phenolic OH excluding ortho intramolecular Hbond substituents is 1. The van der Waals surface area contributed by atoms with Gasteiger partial charge in [0.2, 0.25) is 11.8 Å². The fourth-order valence-corrected chi connectivity index (χ4v) is 8.99. The van der Waals surface area contributed by atoms with E-state index >= 15 is 0 Å². The molecule has 0 unspecified atom stereocenters. The van der Waals surface area contributed by atoms with Gasteiger partial charge in [-0.25, -0.2) is 4.98 Å². The van der Waals surface area contributed by atoms with Gasteiger partial charge in [-0.05, 0) is 80.8 Å². The van der Waals surface area contributed by atoms with Crippen LogP contribution in [0.5, 0.6) is 17.4 Å². The average molecular weight is 827 g/mol. The second-order valence-corrected chi connectivity index (χ2v) is 16.4.